The third-order valence-electron chi connectivity index (χ3n) is 2.61. The van der Waals surface area contributed by atoms with Crippen LogP contribution in [-0.2, 0) is 11.3 Å². The van der Waals surface area contributed by atoms with E-state index in [-0.39, 0.29) is 6.42 Å². The average molecular weight is 238 g/mol. The highest BCUT2D eigenvalue weighted by Crippen LogP contribution is 2.24. The van der Waals surface area contributed by atoms with E-state index in [1.807, 2.05) is 35.9 Å². The van der Waals surface area contributed by atoms with Gasteiger partial charge in [-0.1, -0.05) is 11.6 Å². The zero-order valence-electron chi connectivity index (χ0n) is 8.90. The van der Waals surface area contributed by atoms with Crippen LogP contribution < -0.4 is 0 Å². The summed E-state index contributed by atoms with van der Waals surface area (Å²) >= 11 is 5.92. The Labute approximate surface area is 98.3 Å². The quantitative estimate of drug-likeness (QED) is 0.892. The van der Waals surface area contributed by atoms with Crippen LogP contribution in [-0.4, -0.2) is 15.6 Å². The highest BCUT2D eigenvalue weighted by Gasteiger charge is 2.07. The number of benzene rings is 1. The van der Waals surface area contributed by atoms with E-state index in [0.717, 1.165) is 16.5 Å². The standard InChI is InChI=1S/C12H12ClNO2/c1-8-7-14(5-4-12(15)16)11-3-2-9(13)6-10(8)11/h2-3,6-7H,4-5H2,1H3,(H,15,16). The maximum Gasteiger partial charge on any atom is 0.305 e. The van der Waals surface area contributed by atoms with Crippen molar-refractivity contribution >= 4 is 28.5 Å². The smallest absolute Gasteiger partial charge is 0.305 e. The fourth-order valence-corrected chi connectivity index (χ4v) is 2.02. The largest absolute Gasteiger partial charge is 0.481 e. The number of hydrogen-bond acceptors (Lipinski definition) is 1. The summed E-state index contributed by atoms with van der Waals surface area (Å²) in [7, 11) is 0. The second kappa shape index (κ2) is 4.18. The van der Waals surface area contributed by atoms with Gasteiger partial charge in [-0.25, -0.2) is 0 Å². The van der Waals surface area contributed by atoms with E-state index < -0.39 is 5.97 Å². The number of nitrogens with zero attached hydrogens (tertiary/aromatic N) is 1. The molecule has 0 amide bonds. The van der Waals surface area contributed by atoms with Crippen molar-refractivity contribution in [2.45, 2.75) is 19.9 Å². The fourth-order valence-electron chi connectivity index (χ4n) is 1.85. The molecule has 0 saturated carbocycles. The summed E-state index contributed by atoms with van der Waals surface area (Å²) in [5, 5.41) is 10.4. The van der Waals surface area contributed by atoms with Crippen molar-refractivity contribution in [3.05, 3.63) is 35.0 Å². The number of fused-ring (bicyclic) bond motifs is 1. The van der Waals surface area contributed by atoms with Gasteiger partial charge in [-0.2, -0.15) is 0 Å². The van der Waals surface area contributed by atoms with Gasteiger partial charge in [-0.3, -0.25) is 4.79 Å². The molecule has 0 saturated heterocycles. The second-order valence-corrected chi connectivity index (χ2v) is 4.25. The van der Waals surface area contributed by atoms with Crippen LogP contribution in [0.2, 0.25) is 5.02 Å². The van der Waals surface area contributed by atoms with Gasteiger partial charge in [0.15, 0.2) is 0 Å². The van der Waals surface area contributed by atoms with Crippen LogP contribution in [0.1, 0.15) is 12.0 Å². The molecule has 0 fully saturated rings. The minimum atomic E-state index is -0.784. The first-order valence-corrected chi connectivity index (χ1v) is 5.42. The van der Waals surface area contributed by atoms with Crippen LogP contribution in [0.4, 0.5) is 0 Å². The van der Waals surface area contributed by atoms with Gasteiger partial charge in [0.05, 0.1) is 6.42 Å². The molecule has 0 aliphatic carbocycles. The maximum absolute atomic E-state index is 10.5. The highest BCUT2D eigenvalue weighted by molar-refractivity contribution is 6.31. The van der Waals surface area contributed by atoms with Gasteiger partial charge in [0.25, 0.3) is 0 Å². The Morgan fingerprint density at radius 1 is 1.50 bits per heavy atom. The number of halogens is 1. The molecule has 3 nitrogen and oxygen atoms in total. The summed E-state index contributed by atoms with van der Waals surface area (Å²) in [5.41, 5.74) is 2.14. The van der Waals surface area contributed by atoms with Gasteiger partial charge in [-0.05, 0) is 30.7 Å². The van der Waals surface area contributed by atoms with Crippen LogP contribution in [0.15, 0.2) is 24.4 Å². The summed E-state index contributed by atoms with van der Waals surface area (Å²) in [6, 6.07) is 5.65. The zero-order chi connectivity index (χ0) is 11.7. The molecule has 1 N–H and O–H groups in total. The fraction of sp³-hybridized carbons (Fsp3) is 0.250. The van der Waals surface area contributed by atoms with E-state index in [1.54, 1.807) is 0 Å². The summed E-state index contributed by atoms with van der Waals surface area (Å²) in [5.74, 6) is -0.784. The van der Waals surface area contributed by atoms with Crippen LogP contribution in [0, 0.1) is 6.92 Å². The van der Waals surface area contributed by atoms with Crippen LogP contribution >= 0.6 is 11.6 Å². The van der Waals surface area contributed by atoms with Crippen molar-refractivity contribution in [3.8, 4) is 0 Å². The number of rotatable bonds is 3. The topological polar surface area (TPSA) is 42.2 Å². The van der Waals surface area contributed by atoms with Gasteiger partial charge < -0.3 is 9.67 Å². The van der Waals surface area contributed by atoms with Crippen molar-refractivity contribution in [2.24, 2.45) is 0 Å². The number of aryl methyl sites for hydroxylation is 2. The molecule has 0 atom stereocenters. The molecular weight excluding hydrogens is 226 g/mol. The molecule has 16 heavy (non-hydrogen) atoms. The molecule has 1 aromatic carbocycles. The van der Waals surface area contributed by atoms with Crippen molar-refractivity contribution in [1.82, 2.24) is 4.57 Å². The molecule has 0 bridgehead atoms. The lowest BCUT2D eigenvalue weighted by atomic mass is 10.2. The molecule has 4 heteroatoms. The Morgan fingerprint density at radius 2 is 2.25 bits per heavy atom. The summed E-state index contributed by atoms with van der Waals surface area (Å²) in [4.78, 5) is 10.5. The van der Waals surface area contributed by atoms with Gasteiger partial charge in [0.1, 0.15) is 0 Å². The van der Waals surface area contributed by atoms with E-state index in [1.165, 1.54) is 0 Å². The molecule has 0 aliphatic rings. The lowest BCUT2D eigenvalue weighted by molar-refractivity contribution is -0.137. The predicted molar refractivity (Wildman–Crippen MR) is 63.9 cm³/mol. The number of aliphatic carboxylic acids is 1. The number of carboxylic acid groups (broad SMARTS) is 1. The van der Waals surface area contributed by atoms with E-state index in [9.17, 15) is 4.79 Å². The molecule has 0 spiro atoms. The summed E-state index contributed by atoms with van der Waals surface area (Å²) in [6.07, 6.45) is 2.09. The molecule has 84 valence electrons. The first-order chi connectivity index (χ1) is 7.58. The van der Waals surface area contributed by atoms with E-state index in [2.05, 4.69) is 0 Å². The molecule has 1 aromatic heterocycles. The monoisotopic (exact) mass is 237 g/mol. The third kappa shape index (κ3) is 2.04. The average Bonchev–Trinajstić information content (AvgIpc) is 2.53. The lowest BCUT2D eigenvalue weighted by Gasteiger charge is -2.02. The number of aromatic nitrogens is 1. The minimum absolute atomic E-state index is 0.131. The maximum atomic E-state index is 10.5. The summed E-state index contributed by atoms with van der Waals surface area (Å²) < 4.78 is 1.95. The normalized spacial score (nSPS) is 10.9. The van der Waals surface area contributed by atoms with Gasteiger partial charge >= 0.3 is 5.97 Å². The first kappa shape index (κ1) is 11.0. The van der Waals surface area contributed by atoms with E-state index in [4.69, 9.17) is 16.7 Å². The minimum Gasteiger partial charge on any atom is -0.481 e. The highest BCUT2D eigenvalue weighted by atomic mass is 35.5. The summed E-state index contributed by atoms with van der Waals surface area (Å²) in [6.45, 7) is 2.48. The predicted octanol–water partition coefficient (Wildman–Crippen LogP) is 3.08. The Morgan fingerprint density at radius 3 is 2.94 bits per heavy atom. The van der Waals surface area contributed by atoms with Crippen molar-refractivity contribution in [3.63, 3.8) is 0 Å². The van der Waals surface area contributed by atoms with Gasteiger partial charge in [0.2, 0.25) is 0 Å². The van der Waals surface area contributed by atoms with Crippen molar-refractivity contribution < 1.29 is 9.90 Å². The number of hydrogen-bond donors (Lipinski definition) is 1. The molecule has 0 unspecified atom stereocenters. The second-order valence-electron chi connectivity index (χ2n) is 3.81. The SMILES string of the molecule is Cc1cn(CCC(=O)O)c2ccc(Cl)cc12. The van der Waals surface area contributed by atoms with Gasteiger partial charge in [-0.15, -0.1) is 0 Å². The van der Waals surface area contributed by atoms with E-state index in [0.29, 0.717) is 11.6 Å². The van der Waals surface area contributed by atoms with Crippen molar-refractivity contribution in [1.29, 1.82) is 0 Å². The lowest BCUT2D eigenvalue weighted by Crippen LogP contribution is -2.03. The molecule has 1 heterocycles. The first-order valence-electron chi connectivity index (χ1n) is 5.05. The Hall–Kier alpha value is -1.48. The molecule has 2 aromatic rings. The molecule has 0 aliphatic heterocycles. The Bertz CT molecular complexity index is 545. The molecule has 2 rings (SSSR count). The molecule has 0 radical (unpaired) electrons. The Balaban J connectivity index is 2.43. The van der Waals surface area contributed by atoms with Crippen molar-refractivity contribution in [2.75, 3.05) is 0 Å². The number of carboxylic acids is 1. The zero-order valence-corrected chi connectivity index (χ0v) is 9.66. The van der Waals surface area contributed by atoms with Gasteiger partial charge in [0, 0.05) is 28.7 Å². The Kier molecular flexibility index (Phi) is 2.88. The number of carbonyl (C=O) groups is 1. The van der Waals surface area contributed by atoms with Crippen LogP contribution in [0.3, 0.4) is 0 Å². The molecular formula is C12H12ClNO2. The third-order valence-corrected chi connectivity index (χ3v) is 2.84. The van der Waals surface area contributed by atoms with Crippen LogP contribution in [0.25, 0.3) is 10.9 Å². The van der Waals surface area contributed by atoms with E-state index >= 15 is 0 Å². The van der Waals surface area contributed by atoms with Crippen LogP contribution in [0.5, 0.6) is 0 Å².